The van der Waals surface area contributed by atoms with Gasteiger partial charge in [0.15, 0.2) is 23.2 Å². The van der Waals surface area contributed by atoms with Crippen LogP contribution < -0.4 is 30.2 Å². The van der Waals surface area contributed by atoms with E-state index in [0.29, 0.717) is 48.6 Å². The number of carbonyl (C=O) groups is 1. The molecule has 0 saturated heterocycles. The lowest BCUT2D eigenvalue weighted by molar-refractivity contribution is 0.0925. The van der Waals surface area contributed by atoms with E-state index in [1.54, 1.807) is 34.4 Å². The number of ether oxygens (including phenoxy) is 3. The van der Waals surface area contributed by atoms with Crippen LogP contribution in [0.2, 0.25) is 0 Å². The molecule has 31 heavy (non-hydrogen) atoms. The predicted molar refractivity (Wildman–Crippen MR) is 130 cm³/mol. The van der Waals surface area contributed by atoms with Gasteiger partial charge >= 0.3 is 0 Å². The van der Waals surface area contributed by atoms with Gasteiger partial charge in [0.2, 0.25) is 5.75 Å². The highest BCUT2D eigenvalue weighted by atomic mass is 127. The first kappa shape index (κ1) is 26.4. The van der Waals surface area contributed by atoms with Gasteiger partial charge in [0.1, 0.15) is 0 Å². The maximum atomic E-state index is 12.0. The molecule has 1 aromatic heterocycles. The monoisotopic (exact) mass is 546 g/mol. The highest BCUT2D eigenvalue weighted by Gasteiger charge is 2.13. The molecule has 1 heterocycles. The van der Waals surface area contributed by atoms with Gasteiger partial charge in [-0.15, -0.1) is 24.0 Å². The molecule has 1 aromatic carbocycles. The first-order chi connectivity index (χ1) is 14.5. The molecule has 9 nitrogen and oxygen atoms in total. The second-order valence-electron chi connectivity index (χ2n) is 6.43. The van der Waals surface area contributed by atoms with E-state index < -0.39 is 0 Å². The molecular weight excluding hydrogens is 515 g/mol. The molecule has 2 aromatic rings. The molecule has 0 fully saturated rings. The smallest absolute Gasteiger partial charge is 0.287 e. The van der Waals surface area contributed by atoms with Crippen molar-refractivity contribution in [3.63, 3.8) is 0 Å². The Kier molecular flexibility index (Phi) is 11.6. The summed E-state index contributed by atoms with van der Waals surface area (Å²) < 4.78 is 21.3. The highest BCUT2D eigenvalue weighted by molar-refractivity contribution is 14.0. The summed E-state index contributed by atoms with van der Waals surface area (Å²) in [6.07, 6.45) is 2.24. The van der Waals surface area contributed by atoms with Gasteiger partial charge in [-0.2, -0.15) is 0 Å². The van der Waals surface area contributed by atoms with Crippen molar-refractivity contribution in [2.45, 2.75) is 19.9 Å². The number of carbonyl (C=O) groups excluding carboxylic acids is 1. The zero-order valence-electron chi connectivity index (χ0n) is 18.5. The molecule has 172 valence electrons. The van der Waals surface area contributed by atoms with Crippen LogP contribution in [0.3, 0.4) is 0 Å². The number of hydrogen-bond donors (Lipinski definition) is 3. The van der Waals surface area contributed by atoms with Gasteiger partial charge in [-0.1, -0.05) is 0 Å². The number of rotatable bonds is 10. The molecule has 0 radical (unpaired) electrons. The average Bonchev–Trinajstić information content (AvgIpc) is 3.20. The van der Waals surface area contributed by atoms with Crippen LogP contribution in [0.5, 0.6) is 17.2 Å². The number of hydrogen-bond acceptors (Lipinski definition) is 6. The van der Waals surface area contributed by atoms with Gasteiger partial charge < -0.3 is 34.6 Å². The van der Waals surface area contributed by atoms with Gasteiger partial charge in [0, 0.05) is 32.2 Å². The molecular formula is C21H31IN4O5. The minimum Gasteiger partial charge on any atom is -0.493 e. The molecule has 0 aliphatic rings. The summed E-state index contributed by atoms with van der Waals surface area (Å²) in [6.45, 7) is 3.52. The third kappa shape index (κ3) is 7.53. The lowest BCUT2D eigenvalue weighted by atomic mass is 10.2. The van der Waals surface area contributed by atoms with Crippen molar-refractivity contribution >= 4 is 35.8 Å². The molecule has 0 unspecified atom stereocenters. The largest absolute Gasteiger partial charge is 0.493 e. The van der Waals surface area contributed by atoms with Crippen molar-refractivity contribution in [1.82, 2.24) is 16.0 Å². The fraction of sp³-hybridized carbons (Fsp3) is 0.429. The van der Waals surface area contributed by atoms with E-state index in [0.717, 1.165) is 17.5 Å². The molecule has 10 heteroatoms. The van der Waals surface area contributed by atoms with Crippen LogP contribution in [0.25, 0.3) is 0 Å². The first-order valence-electron chi connectivity index (χ1n) is 9.59. The summed E-state index contributed by atoms with van der Waals surface area (Å²) in [5.74, 6) is 2.54. The molecule has 0 spiro atoms. The lowest BCUT2D eigenvalue weighted by Gasteiger charge is -2.16. The average molecular weight is 546 g/mol. The van der Waals surface area contributed by atoms with Crippen molar-refractivity contribution in [3.05, 3.63) is 41.3 Å². The number of nitrogens with one attached hydrogen (secondary N) is 3. The quantitative estimate of drug-likeness (QED) is 0.182. The fourth-order valence-electron chi connectivity index (χ4n) is 2.83. The Bertz CT molecular complexity index is 844. The number of aliphatic imine (C=N–C) groups is 1. The van der Waals surface area contributed by atoms with E-state index in [9.17, 15) is 4.79 Å². The van der Waals surface area contributed by atoms with Crippen LogP contribution in [0.15, 0.2) is 33.9 Å². The SMILES string of the molecule is CN=C(NCCCNC(=O)c1occc1C)NCc1cc(OC)c(OC)c(OC)c1.I. The van der Waals surface area contributed by atoms with Gasteiger partial charge in [0.05, 0.1) is 27.6 Å². The maximum Gasteiger partial charge on any atom is 0.287 e. The number of guanidine groups is 1. The number of aryl methyl sites for hydroxylation is 1. The number of nitrogens with zero attached hydrogens (tertiary/aromatic N) is 1. The minimum atomic E-state index is -0.206. The third-order valence-electron chi connectivity index (χ3n) is 4.41. The van der Waals surface area contributed by atoms with Gasteiger partial charge in [-0.3, -0.25) is 9.79 Å². The second kappa shape index (κ2) is 13.6. The van der Waals surface area contributed by atoms with Crippen molar-refractivity contribution in [3.8, 4) is 17.2 Å². The summed E-state index contributed by atoms with van der Waals surface area (Å²) in [7, 11) is 6.44. The summed E-state index contributed by atoms with van der Waals surface area (Å²) in [6, 6.07) is 5.53. The van der Waals surface area contributed by atoms with Crippen molar-refractivity contribution < 1.29 is 23.4 Å². The molecule has 0 bridgehead atoms. The molecule has 0 atom stereocenters. The van der Waals surface area contributed by atoms with Crippen LogP contribution in [0, 0.1) is 6.92 Å². The normalized spacial score (nSPS) is 10.7. The standard InChI is InChI=1S/C21H30N4O5.HI/c1-14-7-10-30-18(14)20(26)23-8-6-9-24-21(22-2)25-13-15-11-16(27-3)19(29-5)17(12-15)28-4;/h7,10-12H,6,8-9,13H2,1-5H3,(H,23,26)(H2,22,24,25);1H. The maximum absolute atomic E-state index is 12.0. The molecule has 0 saturated carbocycles. The third-order valence-corrected chi connectivity index (χ3v) is 4.41. The zero-order chi connectivity index (χ0) is 21.9. The van der Waals surface area contributed by atoms with Crippen LogP contribution in [-0.4, -0.2) is 53.3 Å². The summed E-state index contributed by atoms with van der Waals surface area (Å²) in [4.78, 5) is 16.2. The number of methoxy groups -OCH3 is 3. The summed E-state index contributed by atoms with van der Waals surface area (Å²) >= 11 is 0. The Balaban J connectivity index is 0.00000480. The van der Waals surface area contributed by atoms with Gasteiger partial charge in [-0.25, -0.2) is 0 Å². The first-order valence-corrected chi connectivity index (χ1v) is 9.59. The van der Waals surface area contributed by atoms with Gasteiger partial charge in [-0.05, 0) is 37.1 Å². The summed E-state index contributed by atoms with van der Waals surface area (Å²) in [5, 5.41) is 9.30. The van der Waals surface area contributed by atoms with Crippen molar-refractivity contribution in [1.29, 1.82) is 0 Å². The number of halogens is 1. The fourth-order valence-corrected chi connectivity index (χ4v) is 2.83. The Morgan fingerprint density at radius 2 is 1.68 bits per heavy atom. The zero-order valence-corrected chi connectivity index (χ0v) is 20.9. The van der Waals surface area contributed by atoms with E-state index >= 15 is 0 Å². The number of amides is 1. The van der Waals surface area contributed by atoms with Crippen molar-refractivity contribution in [2.24, 2.45) is 4.99 Å². The Morgan fingerprint density at radius 3 is 2.19 bits per heavy atom. The Morgan fingerprint density at radius 1 is 1.03 bits per heavy atom. The second-order valence-corrected chi connectivity index (χ2v) is 6.43. The van der Waals surface area contributed by atoms with E-state index in [2.05, 4.69) is 20.9 Å². The number of furan rings is 1. The van der Waals surface area contributed by atoms with E-state index in [-0.39, 0.29) is 29.9 Å². The van der Waals surface area contributed by atoms with Crippen molar-refractivity contribution in [2.75, 3.05) is 41.5 Å². The summed E-state index contributed by atoms with van der Waals surface area (Å²) in [5.41, 5.74) is 1.77. The lowest BCUT2D eigenvalue weighted by Crippen LogP contribution is -2.38. The molecule has 2 rings (SSSR count). The van der Waals surface area contributed by atoms with Crippen LogP contribution in [0.4, 0.5) is 0 Å². The van der Waals surface area contributed by atoms with E-state index in [1.807, 2.05) is 19.1 Å². The predicted octanol–water partition coefficient (Wildman–Crippen LogP) is 2.72. The molecule has 1 amide bonds. The molecule has 0 aliphatic heterocycles. The van der Waals surface area contributed by atoms with E-state index in [4.69, 9.17) is 18.6 Å². The molecule has 3 N–H and O–H groups in total. The van der Waals surface area contributed by atoms with Crippen LogP contribution >= 0.6 is 24.0 Å². The molecule has 0 aliphatic carbocycles. The van der Waals surface area contributed by atoms with Crippen LogP contribution in [0.1, 0.15) is 28.1 Å². The van der Waals surface area contributed by atoms with Crippen LogP contribution in [-0.2, 0) is 6.54 Å². The highest BCUT2D eigenvalue weighted by Crippen LogP contribution is 2.38. The topological polar surface area (TPSA) is 106 Å². The minimum absolute atomic E-state index is 0. The van der Waals surface area contributed by atoms with Gasteiger partial charge in [0.25, 0.3) is 5.91 Å². The Labute approximate surface area is 199 Å². The number of benzene rings is 1. The van der Waals surface area contributed by atoms with E-state index in [1.165, 1.54) is 6.26 Å². The Hall–Kier alpha value is -2.63.